The number of hydrogen-bond donors (Lipinski definition) is 0. The third-order valence-corrected chi connectivity index (χ3v) is 13.0. The van der Waals surface area contributed by atoms with Crippen LogP contribution in [0.2, 0.25) is 0 Å². The van der Waals surface area contributed by atoms with Crippen molar-refractivity contribution in [3.05, 3.63) is 131 Å². The summed E-state index contributed by atoms with van der Waals surface area (Å²) >= 11 is 3.56. The molecule has 0 amide bonds. The normalized spacial score (nSPS) is 17.9. The largest absolute Gasteiger partial charge is 0.303 e. The molecule has 3 aromatic heterocycles. The molecular weight excluding hydrogens is 613 g/mol. The minimum absolute atomic E-state index is 0.336. The number of nitrogens with zero attached hydrogens (tertiary/aromatic N) is 2. The molecule has 0 spiro atoms. The molecule has 9 rings (SSSR count). The molecule has 0 saturated heterocycles. The third kappa shape index (κ3) is 3.87. The Bertz CT molecular complexity index is 2590. The summed E-state index contributed by atoms with van der Waals surface area (Å²) in [6.07, 6.45) is 6.88. The lowest BCUT2D eigenvalue weighted by Crippen LogP contribution is -2.06. The van der Waals surface area contributed by atoms with Gasteiger partial charge in [0.05, 0.1) is 36.9 Å². The minimum Gasteiger partial charge on any atom is -0.303 e. The van der Waals surface area contributed by atoms with Crippen molar-refractivity contribution >= 4 is 91.4 Å². The second-order valence-electron chi connectivity index (χ2n) is 11.8. The van der Waals surface area contributed by atoms with Crippen molar-refractivity contribution in [2.45, 2.75) is 25.5 Å². The average Bonchev–Trinajstić information content (AvgIpc) is 3.86. The van der Waals surface area contributed by atoms with Gasteiger partial charge in [-0.2, -0.15) is 0 Å². The fourth-order valence-electron chi connectivity index (χ4n) is 7.07. The summed E-state index contributed by atoms with van der Waals surface area (Å²) in [5.41, 5.74) is 5.47. The molecule has 0 bridgehead atoms. The highest BCUT2D eigenvalue weighted by atomic mass is 32.2. The quantitative estimate of drug-likeness (QED) is 0.192. The average molecular weight is 641 g/mol. The van der Waals surface area contributed by atoms with Gasteiger partial charge in [0.25, 0.3) is 0 Å². The number of sulfone groups is 1. The van der Waals surface area contributed by atoms with Crippen LogP contribution >= 0.6 is 23.1 Å². The molecule has 5 heterocycles. The number of aryl methyl sites for hydroxylation is 1. The Kier molecular flexibility index (Phi) is 5.92. The van der Waals surface area contributed by atoms with E-state index in [1.54, 1.807) is 23.5 Å². The Balaban J connectivity index is 1.27. The highest BCUT2D eigenvalue weighted by molar-refractivity contribution is 8.09. The standard InChI is InChI=1S/C38H28N2O2S3/c1-23-17-21-35(43-23)39-31-15-5-3-9-25(31)27-11-7-13-29(37(27)39)33-19-20-34(45(33,41)42)30-14-8-12-28-26-10-4-6-16-32(26)40(38(28)30)36-22-18-24(2)44-36/h3-17,19-22,24H,18H2,1-2H3. The van der Waals surface area contributed by atoms with Crippen LogP contribution in [0.15, 0.2) is 115 Å². The summed E-state index contributed by atoms with van der Waals surface area (Å²) in [4.78, 5) is 1.89. The molecule has 220 valence electrons. The van der Waals surface area contributed by atoms with Gasteiger partial charge in [-0.25, -0.2) is 8.42 Å². The van der Waals surface area contributed by atoms with E-state index in [1.807, 2.05) is 48.2 Å². The molecule has 0 saturated carbocycles. The second-order valence-corrected chi connectivity index (χ2v) is 16.4. The summed E-state index contributed by atoms with van der Waals surface area (Å²) in [5.74, 6) is 0. The Morgan fingerprint density at radius 2 is 1.22 bits per heavy atom. The van der Waals surface area contributed by atoms with Crippen LogP contribution in [0, 0.1) is 6.92 Å². The molecule has 0 radical (unpaired) electrons. The summed E-state index contributed by atoms with van der Waals surface area (Å²) in [6.45, 7) is 4.34. The first-order valence-corrected chi connectivity index (χ1v) is 18.3. The molecule has 45 heavy (non-hydrogen) atoms. The first kappa shape index (κ1) is 27.0. The monoisotopic (exact) mass is 640 g/mol. The van der Waals surface area contributed by atoms with Gasteiger partial charge in [-0.3, -0.25) is 4.57 Å². The first-order chi connectivity index (χ1) is 21.9. The maximum absolute atomic E-state index is 14.8. The third-order valence-electron chi connectivity index (χ3n) is 9.00. The van der Waals surface area contributed by atoms with Crippen LogP contribution in [-0.2, 0) is 9.84 Å². The smallest absolute Gasteiger partial charge is 0.207 e. The number of fused-ring (bicyclic) bond motifs is 6. The molecule has 2 aliphatic rings. The highest BCUT2D eigenvalue weighted by Gasteiger charge is 2.34. The van der Waals surface area contributed by atoms with Crippen molar-refractivity contribution in [3.63, 3.8) is 0 Å². The number of allylic oxidation sites excluding steroid dienone is 3. The van der Waals surface area contributed by atoms with E-state index < -0.39 is 9.84 Å². The lowest BCUT2D eigenvalue weighted by molar-refractivity contribution is 0.615. The van der Waals surface area contributed by atoms with Crippen molar-refractivity contribution < 1.29 is 8.42 Å². The van der Waals surface area contributed by atoms with Gasteiger partial charge < -0.3 is 4.57 Å². The maximum atomic E-state index is 14.8. The molecule has 7 aromatic rings. The number of thioether (sulfide) groups is 1. The lowest BCUT2D eigenvalue weighted by atomic mass is 10.1. The molecule has 7 heteroatoms. The van der Waals surface area contributed by atoms with Gasteiger partial charge >= 0.3 is 0 Å². The van der Waals surface area contributed by atoms with Gasteiger partial charge in [-0.05, 0) is 49.8 Å². The first-order valence-electron chi connectivity index (χ1n) is 15.1. The van der Waals surface area contributed by atoms with Gasteiger partial charge in [0.15, 0.2) is 0 Å². The Morgan fingerprint density at radius 3 is 1.78 bits per heavy atom. The zero-order chi connectivity index (χ0) is 30.4. The van der Waals surface area contributed by atoms with Gasteiger partial charge in [-0.15, -0.1) is 23.1 Å². The van der Waals surface area contributed by atoms with Crippen LogP contribution in [0.1, 0.15) is 29.3 Å². The molecule has 0 fully saturated rings. The molecule has 0 N–H and O–H groups in total. The van der Waals surface area contributed by atoms with Crippen LogP contribution in [0.25, 0.3) is 63.5 Å². The molecule has 4 aromatic carbocycles. The SMILES string of the molecule is Cc1ccc(-n2c3ccccc3c3cccc(C4=CC=C(c5cccc6c7ccccc7n(C7=CCC(C)S7)c56)S4(=O)=O)c32)s1. The number of thiophene rings is 1. The van der Waals surface area contributed by atoms with Crippen molar-refractivity contribution in [1.29, 1.82) is 0 Å². The Labute approximate surface area is 269 Å². The number of hydrogen-bond acceptors (Lipinski definition) is 4. The maximum Gasteiger partial charge on any atom is 0.207 e. The summed E-state index contributed by atoms with van der Waals surface area (Å²) in [7, 11) is -3.86. The van der Waals surface area contributed by atoms with Crippen LogP contribution < -0.4 is 0 Å². The van der Waals surface area contributed by atoms with E-state index in [9.17, 15) is 8.42 Å². The lowest BCUT2D eigenvalue weighted by Gasteiger charge is -2.15. The van der Waals surface area contributed by atoms with E-state index in [0.717, 1.165) is 71.2 Å². The fourth-order valence-corrected chi connectivity index (χ4v) is 10.7. The van der Waals surface area contributed by atoms with Crippen molar-refractivity contribution in [2.75, 3.05) is 0 Å². The molecule has 2 aliphatic heterocycles. The van der Waals surface area contributed by atoms with Gasteiger partial charge in [0.2, 0.25) is 9.84 Å². The molecule has 1 atom stereocenters. The Hall–Kier alpha value is -4.30. The number of benzene rings is 4. The van der Waals surface area contributed by atoms with E-state index in [-0.39, 0.29) is 0 Å². The molecular formula is C38H28N2O2S3. The van der Waals surface area contributed by atoms with Crippen molar-refractivity contribution in [2.24, 2.45) is 0 Å². The van der Waals surface area contributed by atoms with Crippen molar-refractivity contribution in [3.8, 4) is 5.00 Å². The fraction of sp³-hybridized carbons (Fsp3) is 0.105. The predicted molar refractivity (Wildman–Crippen MR) is 194 cm³/mol. The highest BCUT2D eigenvalue weighted by Crippen LogP contribution is 2.48. The molecule has 4 nitrogen and oxygen atoms in total. The van der Waals surface area contributed by atoms with E-state index in [0.29, 0.717) is 15.1 Å². The number of aromatic nitrogens is 2. The van der Waals surface area contributed by atoms with Gasteiger partial charge in [0, 0.05) is 42.8 Å². The van der Waals surface area contributed by atoms with E-state index in [1.165, 1.54) is 4.88 Å². The van der Waals surface area contributed by atoms with E-state index >= 15 is 0 Å². The summed E-state index contributed by atoms with van der Waals surface area (Å²) in [5, 5.41) is 7.04. The number of rotatable bonds is 4. The van der Waals surface area contributed by atoms with Crippen LogP contribution in [0.4, 0.5) is 0 Å². The van der Waals surface area contributed by atoms with Gasteiger partial charge in [0.1, 0.15) is 5.00 Å². The molecule has 1 unspecified atom stereocenters. The predicted octanol–water partition coefficient (Wildman–Crippen LogP) is 10.4. The van der Waals surface area contributed by atoms with Crippen molar-refractivity contribution in [1.82, 2.24) is 9.13 Å². The van der Waals surface area contributed by atoms with Gasteiger partial charge in [-0.1, -0.05) is 85.8 Å². The topological polar surface area (TPSA) is 44.0 Å². The Morgan fingerprint density at radius 1 is 0.667 bits per heavy atom. The zero-order valence-corrected chi connectivity index (χ0v) is 27.1. The second kappa shape index (κ2) is 9.85. The summed E-state index contributed by atoms with van der Waals surface area (Å²) < 4.78 is 34.1. The van der Waals surface area contributed by atoms with E-state index in [2.05, 4.69) is 89.7 Å². The molecule has 0 aliphatic carbocycles. The number of para-hydroxylation sites is 4. The van der Waals surface area contributed by atoms with E-state index in [4.69, 9.17) is 0 Å². The summed E-state index contributed by atoms with van der Waals surface area (Å²) in [6, 6.07) is 33.0. The van der Waals surface area contributed by atoms with Crippen LogP contribution in [-0.4, -0.2) is 22.8 Å². The van der Waals surface area contributed by atoms with Crippen LogP contribution in [0.3, 0.4) is 0 Å². The minimum atomic E-state index is -3.86. The van der Waals surface area contributed by atoms with Crippen LogP contribution in [0.5, 0.6) is 0 Å². The zero-order valence-electron chi connectivity index (χ0n) is 24.7.